The number of esters is 6. The molecule has 12 nitrogen and oxygen atoms in total. The molecule has 0 spiro atoms. The summed E-state index contributed by atoms with van der Waals surface area (Å²) in [6, 6.07) is 3.73. The normalized spacial score (nSPS) is 9.92. The number of benzene rings is 1. The Labute approximate surface area is 225 Å². The van der Waals surface area contributed by atoms with Gasteiger partial charge in [0.25, 0.3) is 0 Å². The molecule has 0 aliphatic carbocycles. The lowest BCUT2D eigenvalue weighted by molar-refractivity contribution is -0.140. The molecule has 0 fully saturated rings. The zero-order valence-corrected chi connectivity index (χ0v) is 22.0. The standard InChI is InChI=1S/C27H30O12/c1-16(2)22(28)34-10-13-37-25(31)19-8-7-9-20(26(32)38-14-11-35-23(29)17(3)4)21(19)27(33)39-15-12-36-24(30)18(5)6/h7-9H,1,3,5,10-15H2,2,4,6H3. The third-order valence-electron chi connectivity index (χ3n) is 4.40. The second kappa shape index (κ2) is 16.2. The van der Waals surface area contributed by atoms with Crippen molar-refractivity contribution in [2.24, 2.45) is 0 Å². The van der Waals surface area contributed by atoms with Crippen LogP contribution in [0, 0.1) is 0 Å². The SMILES string of the molecule is C=C(C)C(=O)OCCOC(=O)c1cccc(C(=O)OCCOC(=O)C(=C)C)c1C(=O)OCCOC(=O)C(=C)C. The van der Waals surface area contributed by atoms with Crippen molar-refractivity contribution in [1.82, 2.24) is 0 Å². The Balaban J connectivity index is 3.04. The monoisotopic (exact) mass is 546 g/mol. The van der Waals surface area contributed by atoms with E-state index >= 15 is 0 Å². The maximum Gasteiger partial charge on any atom is 0.340 e. The zero-order valence-electron chi connectivity index (χ0n) is 22.0. The van der Waals surface area contributed by atoms with Gasteiger partial charge < -0.3 is 28.4 Å². The molecule has 0 heterocycles. The van der Waals surface area contributed by atoms with Crippen molar-refractivity contribution in [3.8, 4) is 0 Å². The smallest absolute Gasteiger partial charge is 0.340 e. The fourth-order valence-corrected chi connectivity index (χ4v) is 2.52. The Morgan fingerprint density at radius 3 is 1.10 bits per heavy atom. The molecule has 39 heavy (non-hydrogen) atoms. The van der Waals surface area contributed by atoms with Gasteiger partial charge >= 0.3 is 35.8 Å². The van der Waals surface area contributed by atoms with Gasteiger partial charge in [0.15, 0.2) is 0 Å². The van der Waals surface area contributed by atoms with Crippen LogP contribution in [0.2, 0.25) is 0 Å². The molecule has 1 aromatic carbocycles. The average molecular weight is 547 g/mol. The van der Waals surface area contributed by atoms with Crippen molar-refractivity contribution in [2.45, 2.75) is 20.8 Å². The summed E-state index contributed by atoms with van der Waals surface area (Å²) in [7, 11) is 0. The number of rotatable bonds is 15. The van der Waals surface area contributed by atoms with Crippen molar-refractivity contribution < 1.29 is 57.2 Å². The number of carbonyl (C=O) groups excluding carboxylic acids is 6. The molecule has 0 saturated carbocycles. The molecule has 0 amide bonds. The van der Waals surface area contributed by atoms with Crippen LogP contribution >= 0.6 is 0 Å². The van der Waals surface area contributed by atoms with Gasteiger partial charge in [0.05, 0.1) is 16.7 Å². The molecule has 0 aromatic heterocycles. The molecular formula is C27H30O12. The average Bonchev–Trinajstić information content (AvgIpc) is 2.89. The molecule has 210 valence electrons. The third kappa shape index (κ3) is 11.0. The Hall–Kier alpha value is -4.74. The second-order valence-corrected chi connectivity index (χ2v) is 7.88. The van der Waals surface area contributed by atoms with Crippen molar-refractivity contribution in [1.29, 1.82) is 0 Å². The van der Waals surface area contributed by atoms with Crippen LogP contribution in [0.15, 0.2) is 54.7 Å². The van der Waals surface area contributed by atoms with Gasteiger partial charge in [-0.25, -0.2) is 28.8 Å². The highest BCUT2D eigenvalue weighted by molar-refractivity contribution is 6.10. The lowest BCUT2D eigenvalue weighted by atomic mass is 10.0. The van der Waals surface area contributed by atoms with Gasteiger partial charge in [-0.15, -0.1) is 0 Å². The van der Waals surface area contributed by atoms with E-state index in [-0.39, 0.29) is 60.9 Å². The van der Waals surface area contributed by atoms with E-state index in [1.165, 1.54) is 39.0 Å². The van der Waals surface area contributed by atoms with Crippen LogP contribution < -0.4 is 0 Å². The molecule has 0 bridgehead atoms. The van der Waals surface area contributed by atoms with Crippen molar-refractivity contribution in [2.75, 3.05) is 39.6 Å². The highest BCUT2D eigenvalue weighted by Crippen LogP contribution is 2.19. The number of hydrogen-bond donors (Lipinski definition) is 0. The molecular weight excluding hydrogens is 516 g/mol. The first-order chi connectivity index (χ1) is 18.4. The Morgan fingerprint density at radius 2 is 0.795 bits per heavy atom. The van der Waals surface area contributed by atoms with Gasteiger partial charge in [-0.1, -0.05) is 25.8 Å². The molecule has 12 heteroatoms. The minimum absolute atomic E-state index is 0.141. The molecule has 1 aromatic rings. The van der Waals surface area contributed by atoms with Crippen LogP contribution in [0.25, 0.3) is 0 Å². The summed E-state index contributed by atoms with van der Waals surface area (Å²) in [6.45, 7) is 12.6. The summed E-state index contributed by atoms with van der Waals surface area (Å²) in [6.07, 6.45) is 0. The summed E-state index contributed by atoms with van der Waals surface area (Å²) in [4.78, 5) is 72.8. The first kappa shape index (κ1) is 32.3. The van der Waals surface area contributed by atoms with E-state index in [0.717, 1.165) is 0 Å². The van der Waals surface area contributed by atoms with Crippen molar-refractivity contribution >= 4 is 35.8 Å². The van der Waals surface area contributed by atoms with Crippen molar-refractivity contribution in [3.63, 3.8) is 0 Å². The van der Waals surface area contributed by atoms with Gasteiger partial charge in [-0.3, -0.25) is 0 Å². The summed E-state index contributed by atoms with van der Waals surface area (Å²) in [5.41, 5.74) is -0.706. The minimum atomic E-state index is -1.11. The molecule has 0 aliphatic heterocycles. The fourth-order valence-electron chi connectivity index (χ4n) is 2.52. The quantitative estimate of drug-likeness (QED) is 0.137. The van der Waals surface area contributed by atoms with E-state index in [1.807, 2.05) is 0 Å². The lowest BCUT2D eigenvalue weighted by Gasteiger charge is -2.14. The first-order valence-corrected chi connectivity index (χ1v) is 11.5. The van der Waals surface area contributed by atoms with E-state index in [2.05, 4.69) is 19.7 Å². The summed E-state index contributed by atoms with van der Waals surface area (Å²) in [5, 5.41) is 0. The Bertz CT molecular complexity index is 1100. The molecule has 0 aliphatic rings. The topological polar surface area (TPSA) is 158 Å². The highest BCUT2D eigenvalue weighted by atomic mass is 16.6. The molecule has 0 radical (unpaired) electrons. The highest BCUT2D eigenvalue weighted by Gasteiger charge is 2.27. The predicted molar refractivity (Wildman–Crippen MR) is 135 cm³/mol. The fraction of sp³-hybridized carbons (Fsp3) is 0.333. The third-order valence-corrected chi connectivity index (χ3v) is 4.40. The van der Waals surface area contributed by atoms with Gasteiger partial charge in [-0.2, -0.15) is 0 Å². The molecule has 1 rings (SSSR count). The lowest BCUT2D eigenvalue weighted by Crippen LogP contribution is -2.23. The van der Waals surface area contributed by atoms with Crippen LogP contribution in [-0.2, 0) is 42.8 Å². The van der Waals surface area contributed by atoms with Crippen LogP contribution in [0.1, 0.15) is 51.8 Å². The van der Waals surface area contributed by atoms with Gasteiger partial charge in [0, 0.05) is 16.7 Å². The van der Waals surface area contributed by atoms with Gasteiger partial charge in [0.1, 0.15) is 39.6 Å². The van der Waals surface area contributed by atoms with E-state index < -0.39 is 48.0 Å². The van der Waals surface area contributed by atoms with Crippen LogP contribution in [0.4, 0.5) is 0 Å². The largest absolute Gasteiger partial charge is 0.459 e. The van der Waals surface area contributed by atoms with Crippen LogP contribution in [0.3, 0.4) is 0 Å². The number of ether oxygens (including phenoxy) is 6. The van der Waals surface area contributed by atoms with Crippen LogP contribution in [0.5, 0.6) is 0 Å². The molecule has 0 unspecified atom stereocenters. The maximum atomic E-state index is 12.9. The summed E-state index contributed by atoms with van der Waals surface area (Å²) in [5.74, 6) is -5.20. The van der Waals surface area contributed by atoms with Crippen molar-refractivity contribution in [3.05, 3.63) is 71.3 Å². The molecule has 0 atom stereocenters. The van der Waals surface area contributed by atoms with E-state index in [9.17, 15) is 28.8 Å². The summed E-state index contributed by atoms with van der Waals surface area (Å²) < 4.78 is 29.8. The Morgan fingerprint density at radius 1 is 0.513 bits per heavy atom. The number of hydrogen-bond acceptors (Lipinski definition) is 12. The molecule has 0 saturated heterocycles. The summed E-state index contributed by atoms with van der Waals surface area (Å²) >= 11 is 0. The zero-order chi connectivity index (χ0) is 29.5. The van der Waals surface area contributed by atoms with Gasteiger partial charge in [0.2, 0.25) is 0 Å². The Kier molecular flexibility index (Phi) is 13.4. The van der Waals surface area contributed by atoms with E-state index in [1.54, 1.807) is 0 Å². The van der Waals surface area contributed by atoms with Crippen LogP contribution in [-0.4, -0.2) is 75.5 Å². The predicted octanol–water partition coefficient (Wildman–Crippen LogP) is 2.51. The number of carbonyl (C=O) groups is 6. The van der Waals surface area contributed by atoms with E-state index in [4.69, 9.17) is 28.4 Å². The first-order valence-electron chi connectivity index (χ1n) is 11.5. The molecule has 0 N–H and O–H groups in total. The maximum absolute atomic E-state index is 12.9. The van der Waals surface area contributed by atoms with Gasteiger partial charge in [-0.05, 0) is 32.9 Å². The van der Waals surface area contributed by atoms with E-state index in [0.29, 0.717) is 0 Å². The second-order valence-electron chi connectivity index (χ2n) is 7.88. The minimum Gasteiger partial charge on any atom is -0.459 e.